The van der Waals surface area contributed by atoms with Gasteiger partial charge in [-0.25, -0.2) is 4.79 Å². The number of aryl methyl sites for hydroxylation is 2. The molecule has 0 saturated heterocycles. The van der Waals surface area contributed by atoms with Crippen molar-refractivity contribution in [1.29, 1.82) is 0 Å². The van der Waals surface area contributed by atoms with Crippen LogP contribution < -0.4 is 11.1 Å². The monoisotopic (exact) mass is 340 g/mol. The van der Waals surface area contributed by atoms with Gasteiger partial charge in [-0.1, -0.05) is 6.07 Å². The highest BCUT2D eigenvalue weighted by Crippen LogP contribution is 2.13. The van der Waals surface area contributed by atoms with E-state index in [9.17, 15) is 14.4 Å². The van der Waals surface area contributed by atoms with Crippen LogP contribution in [0.4, 0.5) is 5.69 Å². The van der Waals surface area contributed by atoms with Crippen molar-refractivity contribution in [3.63, 3.8) is 0 Å². The van der Waals surface area contributed by atoms with Gasteiger partial charge in [-0.2, -0.15) is 0 Å². The summed E-state index contributed by atoms with van der Waals surface area (Å²) in [7, 11) is 0. The lowest BCUT2D eigenvalue weighted by Crippen LogP contribution is -2.30. The van der Waals surface area contributed by atoms with Crippen LogP contribution >= 0.6 is 0 Å². The number of hydrogen-bond acceptors (Lipinski definition) is 4. The van der Waals surface area contributed by atoms with E-state index in [0.717, 1.165) is 11.1 Å². The number of esters is 1. The smallest absolute Gasteiger partial charge is 0.338 e. The SMILES string of the molecule is Cc1ccc(C(=O)O[C@@H](C)C(=O)Nc2ccc(C(N)=O)cc2)cc1C. The second-order valence-electron chi connectivity index (χ2n) is 5.78. The fourth-order valence-electron chi connectivity index (χ4n) is 2.11. The first kappa shape index (κ1) is 18.2. The Balaban J connectivity index is 1.98. The Morgan fingerprint density at radius 2 is 1.56 bits per heavy atom. The number of carbonyl (C=O) groups excluding carboxylic acids is 3. The molecule has 0 aromatic heterocycles. The van der Waals surface area contributed by atoms with Gasteiger partial charge in [0.15, 0.2) is 6.10 Å². The van der Waals surface area contributed by atoms with Gasteiger partial charge in [-0.15, -0.1) is 0 Å². The minimum absolute atomic E-state index is 0.340. The molecular weight excluding hydrogens is 320 g/mol. The highest BCUT2D eigenvalue weighted by atomic mass is 16.5. The van der Waals surface area contributed by atoms with Crippen LogP contribution in [0.1, 0.15) is 38.8 Å². The maximum atomic E-state index is 12.1. The summed E-state index contributed by atoms with van der Waals surface area (Å²) in [5.74, 6) is -1.58. The second-order valence-corrected chi connectivity index (χ2v) is 5.78. The largest absolute Gasteiger partial charge is 0.449 e. The minimum atomic E-state index is -0.968. The lowest BCUT2D eigenvalue weighted by Gasteiger charge is -2.14. The normalized spacial score (nSPS) is 11.5. The number of amides is 2. The third kappa shape index (κ3) is 4.67. The van der Waals surface area contributed by atoms with Crippen molar-refractivity contribution in [2.24, 2.45) is 5.73 Å². The van der Waals surface area contributed by atoms with Crippen LogP contribution in [0.5, 0.6) is 0 Å². The van der Waals surface area contributed by atoms with E-state index in [1.807, 2.05) is 19.9 Å². The molecule has 6 nitrogen and oxygen atoms in total. The molecule has 0 heterocycles. The van der Waals surface area contributed by atoms with Crippen molar-refractivity contribution >= 4 is 23.5 Å². The van der Waals surface area contributed by atoms with Gasteiger partial charge in [-0.05, 0) is 68.3 Å². The molecule has 0 aliphatic carbocycles. The van der Waals surface area contributed by atoms with Gasteiger partial charge in [0.05, 0.1) is 5.56 Å². The third-order valence-corrected chi connectivity index (χ3v) is 3.83. The van der Waals surface area contributed by atoms with Crippen LogP contribution in [0, 0.1) is 13.8 Å². The van der Waals surface area contributed by atoms with Gasteiger partial charge >= 0.3 is 5.97 Å². The minimum Gasteiger partial charge on any atom is -0.449 e. The summed E-state index contributed by atoms with van der Waals surface area (Å²) in [5.41, 5.74) is 8.42. The zero-order valence-corrected chi connectivity index (χ0v) is 14.3. The molecule has 0 radical (unpaired) electrons. The Hall–Kier alpha value is -3.15. The van der Waals surface area contributed by atoms with Crippen LogP contribution in [-0.2, 0) is 9.53 Å². The Morgan fingerprint density at radius 1 is 0.960 bits per heavy atom. The van der Waals surface area contributed by atoms with Gasteiger partial charge in [-0.3, -0.25) is 9.59 Å². The summed E-state index contributed by atoms with van der Waals surface area (Å²) in [6.45, 7) is 5.34. The molecule has 0 fully saturated rings. The number of anilines is 1. The van der Waals surface area contributed by atoms with E-state index in [0.29, 0.717) is 16.8 Å². The summed E-state index contributed by atoms with van der Waals surface area (Å²) in [4.78, 5) is 35.3. The van der Waals surface area contributed by atoms with Gasteiger partial charge in [0.25, 0.3) is 5.91 Å². The van der Waals surface area contributed by atoms with E-state index in [2.05, 4.69) is 5.32 Å². The van der Waals surface area contributed by atoms with Gasteiger partial charge in [0.2, 0.25) is 5.91 Å². The fourth-order valence-corrected chi connectivity index (χ4v) is 2.11. The fraction of sp³-hybridized carbons (Fsp3) is 0.211. The summed E-state index contributed by atoms with van der Waals surface area (Å²) < 4.78 is 5.20. The maximum absolute atomic E-state index is 12.1. The molecule has 2 rings (SSSR count). The summed E-state index contributed by atoms with van der Waals surface area (Å²) >= 11 is 0. The number of hydrogen-bond donors (Lipinski definition) is 2. The number of nitrogens with one attached hydrogen (secondary N) is 1. The first-order valence-corrected chi connectivity index (χ1v) is 7.77. The number of carbonyl (C=O) groups is 3. The van der Waals surface area contributed by atoms with E-state index in [1.54, 1.807) is 24.3 Å². The summed E-state index contributed by atoms with van der Waals surface area (Å²) in [5, 5.41) is 2.62. The first-order valence-electron chi connectivity index (χ1n) is 7.77. The number of benzene rings is 2. The number of primary amides is 1. The van der Waals surface area contributed by atoms with Crippen molar-refractivity contribution < 1.29 is 19.1 Å². The van der Waals surface area contributed by atoms with Crippen LogP contribution in [0.25, 0.3) is 0 Å². The molecule has 0 unspecified atom stereocenters. The molecule has 6 heteroatoms. The van der Waals surface area contributed by atoms with Crippen molar-refractivity contribution in [3.05, 3.63) is 64.7 Å². The molecule has 0 aliphatic rings. The number of rotatable bonds is 5. The molecule has 25 heavy (non-hydrogen) atoms. The molecule has 0 bridgehead atoms. The zero-order chi connectivity index (χ0) is 18.6. The highest BCUT2D eigenvalue weighted by Gasteiger charge is 2.19. The number of ether oxygens (including phenoxy) is 1. The van der Waals surface area contributed by atoms with E-state index in [4.69, 9.17) is 10.5 Å². The Morgan fingerprint density at radius 3 is 2.12 bits per heavy atom. The molecule has 0 spiro atoms. The Bertz CT molecular complexity index is 813. The predicted molar refractivity (Wildman–Crippen MR) is 94.4 cm³/mol. The topological polar surface area (TPSA) is 98.5 Å². The van der Waals surface area contributed by atoms with Gasteiger partial charge in [0.1, 0.15) is 0 Å². The van der Waals surface area contributed by atoms with Gasteiger partial charge in [0, 0.05) is 11.3 Å². The van der Waals surface area contributed by atoms with Crippen LogP contribution in [0.3, 0.4) is 0 Å². The zero-order valence-electron chi connectivity index (χ0n) is 14.3. The molecule has 1 atom stereocenters. The Labute approximate surface area is 146 Å². The first-order chi connectivity index (χ1) is 11.8. The maximum Gasteiger partial charge on any atom is 0.338 e. The molecular formula is C19H20N2O4. The molecule has 0 aliphatic heterocycles. The summed E-state index contributed by atoms with van der Waals surface area (Å²) in [6, 6.07) is 11.3. The standard InChI is InChI=1S/C19H20N2O4/c1-11-4-5-15(10-12(11)2)19(24)25-13(3)18(23)21-16-8-6-14(7-9-16)17(20)22/h4-10,13H,1-3H3,(H2,20,22)(H,21,23)/t13-/m0/s1. The van der Waals surface area contributed by atoms with Crippen LogP contribution in [0.15, 0.2) is 42.5 Å². The average molecular weight is 340 g/mol. The van der Waals surface area contributed by atoms with Crippen molar-refractivity contribution in [1.82, 2.24) is 0 Å². The molecule has 0 saturated carbocycles. The van der Waals surface area contributed by atoms with Crippen molar-refractivity contribution in [2.75, 3.05) is 5.32 Å². The molecule has 2 amide bonds. The van der Waals surface area contributed by atoms with Gasteiger partial charge < -0.3 is 15.8 Å². The molecule has 2 aromatic carbocycles. The van der Waals surface area contributed by atoms with Crippen molar-refractivity contribution in [3.8, 4) is 0 Å². The van der Waals surface area contributed by atoms with E-state index < -0.39 is 23.9 Å². The quantitative estimate of drug-likeness (QED) is 0.817. The summed E-state index contributed by atoms with van der Waals surface area (Å²) in [6.07, 6.45) is -0.968. The van der Waals surface area contributed by atoms with E-state index in [1.165, 1.54) is 19.1 Å². The van der Waals surface area contributed by atoms with Crippen molar-refractivity contribution in [2.45, 2.75) is 26.9 Å². The lowest BCUT2D eigenvalue weighted by molar-refractivity contribution is -0.123. The second kappa shape index (κ2) is 7.61. The molecule has 2 aromatic rings. The van der Waals surface area contributed by atoms with E-state index >= 15 is 0 Å². The van der Waals surface area contributed by atoms with E-state index in [-0.39, 0.29) is 0 Å². The molecule has 3 N–H and O–H groups in total. The third-order valence-electron chi connectivity index (χ3n) is 3.83. The average Bonchev–Trinajstić information content (AvgIpc) is 2.57. The van der Waals surface area contributed by atoms with Crippen LogP contribution in [0.2, 0.25) is 0 Å². The number of nitrogens with two attached hydrogens (primary N) is 1. The molecule has 130 valence electrons. The predicted octanol–water partition coefficient (Wildman–Crippen LogP) is 2.59. The Kier molecular flexibility index (Phi) is 5.54. The highest BCUT2D eigenvalue weighted by molar-refractivity contribution is 5.98. The van der Waals surface area contributed by atoms with Crippen LogP contribution in [-0.4, -0.2) is 23.9 Å². The lowest BCUT2D eigenvalue weighted by atomic mass is 10.1.